The van der Waals surface area contributed by atoms with Gasteiger partial charge in [-0.15, -0.1) is 0 Å². The lowest BCUT2D eigenvalue weighted by molar-refractivity contribution is -0.176. The Labute approximate surface area is 257 Å². The van der Waals surface area contributed by atoms with E-state index in [1.165, 1.54) is 44.1 Å². The van der Waals surface area contributed by atoms with Gasteiger partial charge in [0.15, 0.2) is 0 Å². The van der Waals surface area contributed by atoms with Crippen LogP contribution in [-0.4, -0.2) is 19.5 Å². The highest BCUT2D eigenvalue weighted by molar-refractivity contribution is 5.29. The predicted octanol–water partition coefficient (Wildman–Crippen LogP) is 10.9. The minimum Gasteiger partial charge on any atom is -0.491 e. The highest BCUT2D eigenvalue weighted by Crippen LogP contribution is 2.40. The van der Waals surface area contributed by atoms with Crippen LogP contribution in [0.5, 0.6) is 5.75 Å². The molecule has 0 spiro atoms. The van der Waals surface area contributed by atoms with E-state index in [2.05, 4.69) is 102 Å². The normalized spacial score (nSPS) is 25.0. The average Bonchev–Trinajstić information content (AvgIpc) is 2.97. The van der Waals surface area contributed by atoms with Gasteiger partial charge < -0.3 is 14.2 Å². The van der Waals surface area contributed by atoms with Gasteiger partial charge in [0.2, 0.25) is 6.29 Å². The van der Waals surface area contributed by atoms with Crippen molar-refractivity contribution in [3.05, 3.63) is 77.6 Å². The summed E-state index contributed by atoms with van der Waals surface area (Å²) in [5.74, 6) is 5.13. The van der Waals surface area contributed by atoms with E-state index < -0.39 is 0 Å². The zero-order chi connectivity index (χ0) is 30.0. The third-order valence-corrected chi connectivity index (χ3v) is 9.52. The molecule has 0 N–H and O–H groups in total. The molecule has 3 aliphatic carbocycles. The van der Waals surface area contributed by atoms with E-state index in [1.54, 1.807) is 5.57 Å². The highest BCUT2D eigenvalue weighted by atomic mass is 16.7. The van der Waals surface area contributed by atoms with Crippen LogP contribution in [-0.2, 0) is 9.47 Å². The Morgan fingerprint density at radius 1 is 0.905 bits per heavy atom. The molecular weight excluding hydrogens is 516 g/mol. The summed E-state index contributed by atoms with van der Waals surface area (Å²) in [6.45, 7) is 15.0. The summed E-state index contributed by atoms with van der Waals surface area (Å²) in [6.07, 6.45) is 25.3. The van der Waals surface area contributed by atoms with Crippen LogP contribution in [0.15, 0.2) is 72.1 Å². The smallest absolute Gasteiger partial charge is 0.208 e. The lowest BCUT2D eigenvalue weighted by Crippen LogP contribution is -2.38. The summed E-state index contributed by atoms with van der Waals surface area (Å²) in [7, 11) is 0. The van der Waals surface area contributed by atoms with Crippen LogP contribution < -0.4 is 4.74 Å². The van der Waals surface area contributed by atoms with Crippen LogP contribution in [0.4, 0.5) is 0 Å². The Morgan fingerprint density at radius 2 is 1.67 bits per heavy atom. The molecule has 1 saturated carbocycles. The average molecular weight is 575 g/mol. The molecule has 1 aromatic carbocycles. The summed E-state index contributed by atoms with van der Waals surface area (Å²) < 4.78 is 19.4. The quantitative estimate of drug-likeness (QED) is 0.133. The monoisotopic (exact) mass is 574 g/mol. The Balaban J connectivity index is 1.40. The van der Waals surface area contributed by atoms with Crippen LogP contribution in [0.25, 0.3) is 0 Å². The molecule has 0 aliphatic heterocycles. The molecule has 4 atom stereocenters. The van der Waals surface area contributed by atoms with Gasteiger partial charge >= 0.3 is 0 Å². The van der Waals surface area contributed by atoms with E-state index in [9.17, 15) is 0 Å². The second-order valence-electron chi connectivity index (χ2n) is 14.2. The standard InChI is InChI=1S/C39H58O3/c1-29(2)27-37(30(3)4)34-18-22-36(23-19-34)42-38(39(6)24-12-8-9-13-31(5)28-39)41-26-25-40-35-20-16-33(17-21-35)32-14-10-7-11-15-32/h9,12-13,16-18,20-22,24,29-32,37-38H,7-8,10-11,14-15,19,23,25-28H2,1-6H3. The molecule has 0 heterocycles. The number of hydrogen-bond donors (Lipinski definition) is 0. The van der Waals surface area contributed by atoms with Crippen LogP contribution in [0.2, 0.25) is 0 Å². The number of allylic oxidation sites excluding steroid dienone is 7. The molecule has 0 bridgehead atoms. The molecule has 0 aromatic heterocycles. The Morgan fingerprint density at radius 3 is 2.33 bits per heavy atom. The molecule has 232 valence electrons. The van der Waals surface area contributed by atoms with Gasteiger partial charge in [-0.25, -0.2) is 0 Å². The fourth-order valence-electron chi connectivity index (χ4n) is 7.22. The van der Waals surface area contributed by atoms with Gasteiger partial charge in [-0.3, -0.25) is 0 Å². The third-order valence-electron chi connectivity index (χ3n) is 9.52. The largest absolute Gasteiger partial charge is 0.491 e. The molecule has 4 unspecified atom stereocenters. The minimum atomic E-state index is -0.363. The second kappa shape index (κ2) is 16.0. The van der Waals surface area contributed by atoms with Crippen molar-refractivity contribution in [1.29, 1.82) is 0 Å². The first-order valence-corrected chi connectivity index (χ1v) is 17.0. The molecule has 0 amide bonds. The van der Waals surface area contributed by atoms with Gasteiger partial charge in [0, 0.05) is 11.8 Å². The van der Waals surface area contributed by atoms with Gasteiger partial charge in [-0.1, -0.05) is 109 Å². The molecule has 0 radical (unpaired) electrons. The van der Waals surface area contributed by atoms with Gasteiger partial charge in [-0.05, 0) is 91.9 Å². The lowest BCUT2D eigenvalue weighted by Gasteiger charge is -2.38. The maximum absolute atomic E-state index is 6.75. The van der Waals surface area contributed by atoms with Crippen molar-refractivity contribution in [1.82, 2.24) is 0 Å². The van der Waals surface area contributed by atoms with Gasteiger partial charge in [0.1, 0.15) is 12.4 Å². The summed E-state index contributed by atoms with van der Waals surface area (Å²) in [5, 5.41) is 0. The topological polar surface area (TPSA) is 27.7 Å². The second-order valence-corrected chi connectivity index (χ2v) is 14.2. The zero-order valence-electron chi connectivity index (χ0n) is 27.4. The summed E-state index contributed by atoms with van der Waals surface area (Å²) in [4.78, 5) is 0. The Hall–Kier alpha value is -2.26. The van der Waals surface area contributed by atoms with Crippen molar-refractivity contribution in [3.8, 4) is 5.75 Å². The number of hydrogen-bond acceptors (Lipinski definition) is 3. The number of benzene rings is 1. The zero-order valence-corrected chi connectivity index (χ0v) is 27.4. The fraction of sp³-hybridized carbons (Fsp3) is 0.641. The van der Waals surface area contributed by atoms with Gasteiger partial charge in [0.25, 0.3) is 0 Å². The summed E-state index contributed by atoms with van der Waals surface area (Å²) >= 11 is 0. The predicted molar refractivity (Wildman–Crippen MR) is 177 cm³/mol. The van der Waals surface area contributed by atoms with Crippen molar-refractivity contribution in [2.75, 3.05) is 13.2 Å². The molecule has 0 saturated heterocycles. The van der Waals surface area contributed by atoms with Crippen LogP contribution in [0, 0.1) is 29.1 Å². The van der Waals surface area contributed by atoms with Gasteiger partial charge in [-0.2, -0.15) is 0 Å². The van der Waals surface area contributed by atoms with Crippen molar-refractivity contribution in [2.24, 2.45) is 29.1 Å². The van der Waals surface area contributed by atoms with Crippen LogP contribution in [0.1, 0.15) is 117 Å². The fourth-order valence-corrected chi connectivity index (χ4v) is 7.22. The van der Waals surface area contributed by atoms with E-state index in [1.807, 2.05) is 0 Å². The SMILES string of the molecule is CC(C)CC(C1=CC=C(OC(OCCOc2ccc(C3CCCCC3)cc2)C2(C)C=CCC=CC(C)C2)CC1)C(C)C. The van der Waals surface area contributed by atoms with Crippen molar-refractivity contribution < 1.29 is 14.2 Å². The highest BCUT2D eigenvalue weighted by Gasteiger charge is 2.37. The first kappa shape index (κ1) is 32.6. The Kier molecular flexibility index (Phi) is 12.4. The van der Waals surface area contributed by atoms with E-state index in [0.29, 0.717) is 36.9 Å². The third kappa shape index (κ3) is 9.63. The molecule has 3 nitrogen and oxygen atoms in total. The minimum absolute atomic E-state index is 0.227. The van der Waals surface area contributed by atoms with E-state index in [0.717, 1.165) is 43.1 Å². The molecular formula is C39H58O3. The first-order chi connectivity index (χ1) is 20.2. The van der Waals surface area contributed by atoms with Crippen LogP contribution in [0.3, 0.4) is 0 Å². The number of ether oxygens (including phenoxy) is 3. The van der Waals surface area contributed by atoms with Crippen molar-refractivity contribution >= 4 is 0 Å². The van der Waals surface area contributed by atoms with Crippen molar-refractivity contribution in [2.45, 2.75) is 118 Å². The van der Waals surface area contributed by atoms with E-state index in [-0.39, 0.29) is 11.7 Å². The van der Waals surface area contributed by atoms with E-state index in [4.69, 9.17) is 14.2 Å². The molecule has 3 heteroatoms. The molecule has 3 aliphatic rings. The molecule has 4 rings (SSSR count). The Bertz CT molecular complexity index is 1070. The molecule has 1 aromatic rings. The maximum Gasteiger partial charge on any atom is 0.208 e. The summed E-state index contributed by atoms with van der Waals surface area (Å²) in [6, 6.07) is 8.78. The number of rotatable bonds is 13. The van der Waals surface area contributed by atoms with E-state index >= 15 is 0 Å². The first-order valence-electron chi connectivity index (χ1n) is 17.0. The lowest BCUT2D eigenvalue weighted by atomic mass is 9.78. The maximum atomic E-state index is 6.75. The van der Waals surface area contributed by atoms with Crippen LogP contribution >= 0.6 is 0 Å². The molecule has 42 heavy (non-hydrogen) atoms. The molecule has 1 fully saturated rings. The van der Waals surface area contributed by atoms with Crippen molar-refractivity contribution in [3.63, 3.8) is 0 Å². The van der Waals surface area contributed by atoms with Gasteiger partial charge in [0.05, 0.1) is 12.4 Å². The summed E-state index contributed by atoms with van der Waals surface area (Å²) in [5.41, 5.74) is 2.80.